The highest BCUT2D eigenvalue weighted by Crippen LogP contribution is 2.28. The summed E-state index contributed by atoms with van der Waals surface area (Å²) < 4.78 is 11.8. The van der Waals surface area contributed by atoms with E-state index in [4.69, 9.17) is 14.9 Å². The van der Waals surface area contributed by atoms with Gasteiger partial charge in [0.25, 0.3) is 5.91 Å². The molecule has 0 aliphatic carbocycles. The number of benzene rings is 1. The van der Waals surface area contributed by atoms with E-state index in [2.05, 4.69) is 60.8 Å². The maximum Gasteiger partial charge on any atom is 0.274 e. The maximum atomic E-state index is 13.5. The summed E-state index contributed by atoms with van der Waals surface area (Å²) in [5.41, 5.74) is 5.69. The molecule has 0 atom stereocenters. The Morgan fingerprint density at radius 2 is 1.80 bits per heavy atom. The van der Waals surface area contributed by atoms with E-state index < -0.39 is 0 Å². The topological polar surface area (TPSA) is 97.8 Å². The number of piperazine rings is 1. The zero-order valence-corrected chi connectivity index (χ0v) is 26.6. The van der Waals surface area contributed by atoms with E-state index in [0.29, 0.717) is 42.3 Å². The maximum absolute atomic E-state index is 13.5. The van der Waals surface area contributed by atoms with Gasteiger partial charge in [0.05, 0.1) is 35.3 Å². The van der Waals surface area contributed by atoms with Crippen molar-refractivity contribution in [2.45, 2.75) is 60.2 Å². The van der Waals surface area contributed by atoms with Gasteiger partial charge in [-0.3, -0.25) is 28.4 Å². The fraction of sp³-hybridized carbons (Fsp3) is 0.455. The Balaban J connectivity index is 1.12. The SMILES string of the molecule is Cc1nn(Cc2cc(C)n(C(C)C)n2)c2cccc(NC(=O)c3cnc4cc(OCCN5CCN(C(C)C)CC5)ccn34)c12. The molecule has 0 radical (unpaired) electrons. The number of nitrogens with zero attached hydrogens (tertiary/aromatic N) is 8. The summed E-state index contributed by atoms with van der Waals surface area (Å²) >= 11 is 0. The highest BCUT2D eigenvalue weighted by Gasteiger charge is 2.20. The molecule has 0 bridgehead atoms. The van der Waals surface area contributed by atoms with Crippen LogP contribution in [0.4, 0.5) is 5.69 Å². The molecule has 6 rings (SSSR count). The Labute approximate surface area is 258 Å². The minimum Gasteiger partial charge on any atom is -0.492 e. The fourth-order valence-electron chi connectivity index (χ4n) is 6.15. The number of carbonyl (C=O) groups excluding carboxylic acids is 1. The third-order valence-corrected chi connectivity index (χ3v) is 8.51. The van der Waals surface area contributed by atoms with Crippen molar-refractivity contribution >= 4 is 28.1 Å². The van der Waals surface area contributed by atoms with E-state index in [-0.39, 0.29) is 5.91 Å². The van der Waals surface area contributed by atoms with Gasteiger partial charge < -0.3 is 10.1 Å². The molecule has 1 saturated heterocycles. The number of anilines is 1. The Bertz CT molecular complexity index is 1770. The van der Waals surface area contributed by atoms with Gasteiger partial charge in [0.1, 0.15) is 23.7 Å². The molecular formula is C33H43N9O2. The third kappa shape index (κ3) is 6.07. The lowest BCUT2D eigenvalue weighted by Crippen LogP contribution is -2.49. The van der Waals surface area contributed by atoms with Crippen LogP contribution in [0.1, 0.15) is 61.3 Å². The molecule has 1 aliphatic rings. The Morgan fingerprint density at radius 1 is 1.00 bits per heavy atom. The minimum atomic E-state index is -0.238. The molecular weight excluding hydrogens is 554 g/mol. The molecule has 4 aromatic heterocycles. The summed E-state index contributed by atoms with van der Waals surface area (Å²) in [6, 6.07) is 12.6. The van der Waals surface area contributed by atoms with Crippen LogP contribution < -0.4 is 10.1 Å². The second-order valence-corrected chi connectivity index (χ2v) is 12.3. The van der Waals surface area contributed by atoms with Gasteiger partial charge in [-0.2, -0.15) is 10.2 Å². The lowest BCUT2D eigenvalue weighted by molar-refractivity contribution is 0.0971. The molecule has 44 heavy (non-hydrogen) atoms. The van der Waals surface area contributed by atoms with Gasteiger partial charge in [-0.25, -0.2) is 4.98 Å². The van der Waals surface area contributed by atoms with Crippen LogP contribution in [-0.4, -0.2) is 90.0 Å². The molecule has 11 heteroatoms. The molecule has 232 valence electrons. The number of pyridine rings is 1. The smallest absolute Gasteiger partial charge is 0.274 e. The van der Waals surface area contributed by atoms with E-state index in [0.717, 1.165) is 66.5 Å². The standard InChI is InChI=1S/C33H43N9O2/c1-22(2)39-14-12-38(13-15-39)16-17-44-27-10-11-40-30(20-34-31(40)19-27)33(43)35-28-8-7-9-29-32(28)25(6)36-41(29)21-26-18-24(5)42(37-26)23(3)4/h7-11,18-20,22-23H,12-17,21H2,1-6H3,(H,35,43). The van der Waals surface area contributed by atoms with E-state index in [1.807, 2.05) is 52.8 Å². The van der Waals surface area contributed by atoms with E-state index >= 15 is 0 Å². The number of nitrogens with one attached hydrogen (secondary N) is 1. The summed E-state index contributed by atoms with van der Waals surface area (Å²) in [4.78, 5) is 22.9. The van der Waals surface area contributed by atoms with Crippen LogP contribution in [0.3, 0.4) is 0 Å². The van der Waals surface area contributed by atoms with Gasteiger partial charge in [0, 0.05) is 68.2 Å². The number of carbonyl (C=O) groups is 1. The lowest BCUT2D eigenvalue weighted by atomic mass is 10.1. The largest absolute Gasteiger partial charge is 0.492 e. The second kappa shape index (κ2) is 12.4. The Hall–Kier alpha value is -4.22. The van der Waals surface area contributed by atoms with Crippen LogP contribution in [0.2, 0.25) is 0 Å². The normalized spacial score (nSPS) is 14.8. The van der Waals surface area contributed by atoms with Crippen LogP contribution in [0.25, 0.3) is 16.6 Å². The van der Waals surface area contributed by atoms with Crippen LogP contribution in [-0.2, 0) is 6.54 Å². The molecule has 5 heterocycles. The summed E-state index contributed by atoms with van der Waals surface area (Å²) in [7, 11) is 0. The average Bonchev–Trinajstić information content (AvgIpc) is 3.68. The summed E-state index contributed by atoms with van der Waals surface area (Å²) in [5.74, 6) is 0.509. The highest BCUT2D eigenvalue weighted by molar-refractivity contribution is 6.08. The van der Waals surface area contributed by atoms with Gasteiger partial charge >= 0.3 is 0 Å². The van der Waals surface area contributed by atoms with Crippen LogP contribution in [0.5, 0.6) is 5.75 Å². The van der Waals surface area contributed by atoms with Gasteiger partial charge in [-0.05, 0) is 65.8 Å². The minimum absolute atomic E-state index is 0.238. The lowest BCUT2D eigenvalue weighted by Gasteiger charge is -2.36. The first-order chi connectivity index (χ1) is 21.2. The molecule has 1 aromatic carbocycles. The predicted molar refractivity (Wildman–Crippen MR) is 173 cm³/mol. The van der Waals surface area contributed by atoms with Crippen LogP contribution >= 0.6 is 0 Å². The van der Waals surface area contributed by atoms with Crippen molar-refractivity contribution in [2.75, 3.05) is 44.6 Å². The first-order valence-corrected chi connectivity index (χ1v) is 15.6. The van der Waals surface area contributed by atoms with E-state index in [1.165, 1.54) is 0 Å². The summed E-state index contributed by atoms with van der Waals surface area (Å²) in [5, 5.41) is 13.6. The van der Waals surface area contributed by atoms with Crippen molar-refractivity contribution in [2.24, 2.45) is 0 Å². The van der Waals surface area contributed by atoms with Crippen molar-refractivity contribution in [3.8, 4) is 5.75 Å². The quantitative estimate of drug-likeness (QED) is 0.247. The molecule has 1 fully saturated rings. The van der Waals surface area contributed by atoms with Crippen molar-refractivity contribution < 1.29 is 9.53 Å². The molecule has 1 aliphatic heterocycles. The van der Waals surface area contributed by atoms with Crippen molar-refractivity contribution in [1.29, 1.82) is 0 Å². The summed E-state index contributed by atoms with van der Waals surface area (Å²) in [6.45, 7) is 19.2. The predicted octanol–water partition coefficient (Wildman–Crippen LogP) is 4.78. The van der Waals surface area contributed by atoms with Crippen molar-refractivity contribution in [3.05, 3.63) is 71.6 Å². The van der Waals surface area contributed by atoms with Crippen molar-refractivity contribution in [3.63, 3.8) is 0 Å². The number of imidazole rings is 1. The van der Waals surface area contributed by atoms with Gasteiger partial charge in [0.2, 0.25) is 0 Å². The average molecular weight is 598 g/mol. The molecule has 5 aromatic rings. The molecule has 0 saturated carbocycles. The van der Waals surface area contributed by atoms with Crippen LogP contribution in [0.15, 0.2) is 48.8 Å². The molecule has 0 unspecified atom stereocenters. The monoisotopic (exact) mass is 597 g/mol. The van der Waals surface area contributed by atoms with Gasteiger partial charge in [0.15, 0.2) is 0 Å². The zero-order valence-electron chi connectivity index (χ0n) is 26.6. The number of hydrogen-bond acceptors (Lipinski definition) is 7. The Kier molecular flexibility index (Phi) is 8.42. The van der Waals surface area contributed by atoms with E-state index in [1.54, 1.807) is 10.6 Å². The van der Waals surface area contributed by atoms with Gasteiger partial charge in [-0.1, -0.05) is 6.07 Å². The number of amides is 1. The number of hydrogen-bond donors (Lipinski definition) is 1. The first-order valence-electron chi connectivity index (χ1n) is 15.6. The van der Waals surface area contributed by atoms with Gasteiger partial charge in [-0.15, -0.1) is 0 Å². The molecule has 1 amide bonds. The fourth-order valence-corrected chi connectivity index (χ4v) is 6.15. The summed E-state index contributed by atoms with van der Waals surface area (Å²) in [6.07, 6.45) is 3.45. The Morgan fingerprint density at radius 3 is 2.52 bits per heavy atom. The number of aromatic nitrogens is 6. The molecule has 11 nitrogen and oxygen atoms in total. The van der Waals surface area contributed by atoms with Crippen molar-refractivity contribution in [1.82, 2.24) is 38.7 Å². The molecule has 0 spiro atoms. The number of rotatable bonds is 10. The zero-order chi connectivity index (χ0) is 31.0. The van der Waals surface area contributed by atoms with E-state index in [9.17, 15) is 4.79 Å². The highest BCUT2D eigenvalue weighted by atomic mass is 16.5. The first kappa shape index (κ1) is 29.8. The number of fused-ring (bicyclic) bond motifs is 2. The third-order valence-electron chi connectivity index (χ3n) is 8.51. The number of ether oxygens (including phenoxy) is 1. The van der Waals surface area contributed by atoms with Crippen LogP contribution in [0, 0.1) is 13.8 Å². The molecule has 1 N–H and O–H groups in total. The number of aryl methyl sites for hydroxylation is 2. The second-order valence-electron chi connectivity index (χ2n) is 12.3.